The van der Waals surface area contributed by atoms with E-state index >= 15 is 0 Å². The molecular formula is C54H40. The van der Waals surface area contributed by atoms with Crippen LogP contribution in [0.25, 0.3) is 88.0 Å². The fourth-order valence-electron chi connectivity index (χ4n) is 10.4. The van der Waals surface area contributed by atoms with Crippen molar-refractivity contribution in [1.29, 1.82) is 0 Å². The second-order valence-corrected chi connectivity index (χ2v) is 16.4. The minimum absolute atomic E-state index is 0.0177. The topological polar surface area (TPSA) is 0 Å². The highest BCUT2D eigenvalue weighted by molar-refractivity contribution is 6.24. The number of rotatable bonds is 3. The van der Waals surface area contributed by atoms with Crippen LogP contribution in [-0.2, 0) is 10.8 Å². The third kappa shape index (κ3) is 4.14. The molecule has 0 N–H and O–H groups in total. The smallest absolute Gasteiger partial charge is 0.0165 e. The summed E-state index contributed by atoms with van der Waals surface area (Å²) in [5.41, 5.74) is 18.8. The van der Waals surface area contributed by atoms with Gasteiger partial charge in [0.15, 0.2) is 0 Å². The minimum Gasteiger partial charge on any atom is -0.0622 e. The van der Waals surface area contributed by atoms with E-state index in [1.807, 2.05) is 0 Å². The van der Waals surface area contributed by atoms with Crippen LogP contribution in [0.5, 0.6) is 0 Å². The minimum atomic E-state index is -0.145. The first kappa shape index (κ1) is 31.3. The summed E-state index contributed by atoms with van der Waals surface area (Å²) in [6.45, 7) is 9.64. The summed E-state index contributed by atoms with van der Waals surface area (Å²) < 4.78 is 0. The van der Waals surface area contributed by atoms with Gasteiger partial charge in [-0.1, -0.05) is 191 Å². The molecule has 0 radical (unpaired) electrons. The lowest BCUT2D eigenvalue weighted by Gasteiger charge is -2.26. The zero-order chi connectivity index (χ0) is 36.3. The van der Waals surface area contributed by atoms with E-state index in [9.17, 15) is 0 Å². The summed E-state index contributed by atoms with van der Waals surface area (Å²) >= 11 is 0. The van der Waals surface area contributed by atoms with Gasteiger partial charge in [-0.2, -0.15) is 0 Å². The van der Waals surface area contributed by atoms with E-state index in [1.165, 1.54) is 110 Å². The lowest BCUT2D eigenvalue weighted by molar-refractivity contribution is 0.647. The van der Waals surface area contributed by atoms with Gasteiger partial charge in [0.25, 0.3) is 0 Å². The van der Waals surface area contributed by atoms with E-state index < -0.39 is 0 Å². The Morgan fingerprint density at radius 1 is 0.278 bits per heavy atom. The first-order valence-electron chi connectivity index (χ1n) is 19.3. The van der Waals surface area contributed by atoms with Crippen molar-refractivity contribution in [3.05, 3.63) is 192 Å². The maximum Gasteiger partial charge on any atom is 0.0165 e. The number of benzene rings is 9. The molecule has 0 heteroatoms. The van der Waals surface area contributed by atoms with Gasteiger partial charge in [-0.15, -0.1) is 0 Å². The van der Waals surface area contributed by atoms with E-state index in [2.05, 4.69) is 198 Å². The van der Waals surface area contributed by atoms with E-state index in [0.29, 0.717) is 0 Å². The molecule has 9 aromatic rings. The summed E-state index contributed by atoms with van der Waals surface area (Å²) in [4.78, 5) is 0. The SMILES string of the molecule is CC1(C)c2ccccc2-c2c1ccc1c2C(C)(C)c2cc(-c3ccc(-c4c5ccccc5c(-c5ccccc5)c5ccccc45)c4ccccc34)ccc2-1. The van der Waals surface area contributed by atoms with Crippen molar-refractivity contribution < 1.29 is 0 Å². The van der Waals surface area contributed by atoms with E-state index in [1.54, 1.807) is 0 Å². The summed E-state index contributed by atoms with van der Waals surface area (Å²) in [6, 6.07) is 63.7. The average molecular weight is 689 g/mol. The summed E-state index contributed by atoms with van der Waals surface area (Å²) in [6.07, 6.45) is 0. The van der Waals surface area contributed by atoms with Crippen molar-refractivity contribution in [1.82, 2.24) is 0 Å². The van der Waals surface area contributed by atoms with Crippen molar-refractivity contribution in [3.8, 4) is 55.6 Å². The van der Waals surface area contributed by atoms with Gasteiger partial charge in [-0.3, -0.25) is 0 Å². The van der Waals surface area contributed by atoms with Crippen molar-refractivity contribution >= 4 is 32.3 Å². The molecule has 0 aliphatic heterocycles. The van der Waals surface area contributed by atoms with Gasteiger partial charge in [0.1, 0.15) is 0 Å². The molecule has 0 atom stereocenters. The molecule has 0 nitrogen and oxygen atoms in total. The van der Waals surface area contributed by atoms with Gasteiger partial charge in [0, 0.05) is 10.8 Å². The Kier molecular flexibility index (Phi) is 6.46. The van der Waals surface area contributed by atoms with E-state index in [-0.39, 0.29) is 10.8 Å². The van der Waals surface area contributed by atoms with Crippen molar-refractivity contribution in [2.75, 3.05) is 0 Å². The fourth-order valence-corrected chi connectivity index (χ4v) is 10.4. The first-order valence-corrected chi connectivity index (χ1v) is 19.3. The standard InChI is InChI=1S/C54H40/c1-53(2)46-25-15-14-24-45(46)51-47(53)31-30-44-38-27-26-34(32-48(38)54(3,4)52(44)51)35-28-29-43(37-19-9-8-18-36(35)37)50-41-22-12-10-20-39(41)49(33-16-6-5-7-17-33)40-21-11-13-23-42(40)50/h5-32H,1-4H3. The molecular weight excluding hydrogens is 649 g/mol. The third-order valence-electron chi connectivity index (χ3n) is 12.9. The van der Waals surface area contributed by atoms with Gasteiger partial charge >= 0.3 is 0 Å². The quantitative estimate of drug-likeness (QED) is 0.162. The van der Waals surface area contributed by atoms with Gasteiger partial charge in [-0.05, 0) is 116 Å². The molecule has 0 amide bonds. The second-order valence-electron chi connectivity index (χ2n) is 16.4. The molecule has 2 aliphatic carbocycles. The van der Waals surface area contributed by atoms with Crippen LogP contribution in [0.4, 0.5) is 0 Å². The maximum atomic E-state index is 2.49. The Morgan fingerprint density at radius 2 is 0.796 bits per heavy atom. The predicted molar refractivity (Wildman–Crippen MR) is 230 cm³/mol. The second kappa shape index (κ2) is 11.1. The highest BCUT2D eigenvalue weighted by atomic mass is 14.5. The molecule has 0 saturated carbocycles. The maximum absolute atomic E-state index is 2.49. The number of hydrogen-bond acceptors (Lipinski definition) is 0. The largest absolute Gasteiger partial charge is 0.0622 e. The Hall–Kier alpha value is -6.24. The fraction of sp³-hybridized carbons (Fsp3) is 0.111. The summed E-state index contributed by atoms with van der Waals surface area (Å²) in [7, 11) is 0. The highest BCUT2D eigenvalue weighted by Gasteiger charge is 2.44. The molecule has 9 aromatic carbocycles. The van der Waals surface area contributed by atoms with Gasteiger partial charge in [0.05, 0.1) is 0 Å². The van der Waals surface area contributed by atoms with Crippen LogP contribution in [0, 0.1) is 0 Å². The zero-order valence-corrected chi connectivity index (χ0v) is 31.2. The molecule has 11 rings (SSSR count). The van der Waals surface area contributed by atoms with Crippen LogP contribution in [0.15, 0.2) is 170 Å². The Morgan fingerprint density at radius 3 is 1.48 bits per heavy atom. The Bertz CT molecular complexity index is 2970. The van der Waals surface area contributed by atoms with Crippen LogP contribution in [0.1, 0.15) is 49.9 Å². The van der Waals surface area contributed by atoms with E-state index in [0.717, 1.165) is 0 Å². The van der Waals surface area contributed by atoms with Crippen molar-refractivity contribution in [2.24, 2.45) is 0 Å². The van der Waals surface area contributed by atoms with E-state index in [4.69, 9.17) is 0 Å². The highest BCUT2D eigenvalue weighted by Crippen LogP contribution is 2.59. The van der Waals surface area contributed by atoms with Crippen LogP contribution in [0.3, 0.4) is 0 Å². The Labute approximate surface area is 317 Å². The molecule has 0 fully saturated rings. The summed E-state index contributed by atoms with van der Waals surface area (Å²) in [5, 5.41) is 7.68. The predicted octanol–water partition coefficient (Wildman–Crippen LogP) is 14.8. The molecule has 0 spiro atoms. The average Bonchev–Trinajstić information content (AvgIpc) is 3.59. The molecule has 2 aliphatic rings. The van der Waals surface area contributed by atoms with Gasteiger partial charge < -0.3 is 0 Å². The normalized spacial score (nSPS) is 14.6. The molecule has 0 heterocycles. The van der Waals surface area contributed by atoms with Crippen molar-refractivity contribution in [2.45, 2.75) is 38.5 Å². The van der Waals surface area contributed by atoms with Gasteiger partial charge in [0.2, 0.25) is 0 Å². The third-order valence-corrected chi connectivity index (χ3v) is 12.9. The van der Waals surface area contributed by atoms with Crippen LogP contribution < -0.4 is 0 Å². The van der Waals surface area contributed by atoms with Crippen LogP contribution >= 0.6 is 0 Å². The molecule has 256 valence electrons. The van der Waals surface area contributed by atoms with Crippen molar-refractivity contribution in [3.63, 3.8) is 0 Å². The molecule has 0 saturated heterocycles. The molecule has 0 bridgehead atoms. The lowest BCUT2D eigenvalue weighted by atomic mass is 9.76. The van der Waals surface area contributed by atoms with Crippen LogP contribution in [-0.4, -0.2) is 0 Å². The first-order chi connectivity index (χ1) is 26.3. The zero-order valence-electron chi connectivity index (χ0n) is 31.2. The summed E-state index contributed by atoms with van der Waals surface area (Å²) in [5.74, 6) is 0. The molecule has 0 unspecified atom stereocenters. The molecule has 0 aromatic heterocycles. The number of hydrogen-bond donors (Lipinski definition) is 0. The molecule has 54 heavy (non-hydrogen) atoms. The lowest BCUT2D eigenvalue weighted by Crippen LogP contribution is -2.18. The monoisotopic (exact) mass is 688 g/mol. The van der Waals surface area contributed by atoms with Crippen LogP contribution in [0.2, 0.25) is 0 Å². The number of fused-ring (bicyclic) bond motifs is 10. The van der Waals surface area contributed by atoms with Gasteiger partial charge in [-0.25, -0.2) is 0 Å². The Balaban J connectivity index is 1.11.